The normalized spacial score (nSPS) is 24.6. The van der Waals surface area contributed by atoms with E-state index >= 15 is 0 Å². The highest BCUT2D eigenvalue weighted by molar-refractivity contribution is 7.99. The highest BCUT2D eigenvalue weighted by Gasteiger charge is 2.42. The lowest BCUT2D eigenvalue weighted by Gasteiger charge is -2.32. The number of alkyl halides is 3. The molecule has 3 nitrogen and oxygen atoms in total. The molecular weight excluding hydrogens is 668 g/mol. The van der Waals surface area contributed by atoms with E-state index in [0.717, 1.165) is 31.8 Å². The van der Waals surface area contributed by atoms with Crippen LogP contribution in [-0.4, -0.2) is 64.5 Å². The van der Waals surface area contributed by atoms with Crippen molar-refractivity contribution in [3.8, 4) is 0 Å². The second-order valence-electron chi connectivity index (χ2n) is 15.2. The van der Waals surface area contributed by atoms with Crippen LogP contribution in [0.1, 0.15) is 125 Å². The first kappa shape index (κ1) is 37.8. The summed E-state index contributed by atoms with van der Waals surface area (Å²) >= 11 is 3.72. The standard InChI is InChI=1S/C42H56F3N3S2/c1-28(2)46-22-11-16-37(46)34-14-8-10-18-40(34)50-24-21-30(5)48-27-32(25-39(48)33-13-7-9-15-36(33)42(43,44)45)31-19-20-35(41(26-31)49-6)38-17-12-23-47(38)29(3)4/h7-10,13-15,18-20,26,28-30,32,37-39H,11-12,16-17,21-25,27H2,1-6H3/t30?,32?,37-,38+,39?/m0/s1. The highest BCUT2D eigenvalue weighted by atomic mass is 32.2. The first-order chi connectivity index (χ1) is 24.0. The van der Waals surface area contributed by atoms with Crippen LogP contribution in [0.5, 0.6) is 0 Å². The zero-order valence-corrected chi connectivity index (χ0v) is 32.4. The topological polar surface area (TPSA) is 9.72 Å². The van der Waals surface area contributed by atoms with Crippen molar-refractivity contribution < 1.29 is 13.2 Å². The smallest absolute Gasteiger partial charge is 0.294 e. The van der Waals surface area contributed by atoms with Crippen LogP contribution in [0, 0.1) is 0 Å². The summed E-state index contributed by atoms with van der Waals surface area (Å²) in [6, 6.07) is 23.9. The number of rotatable bonds is 12. The molecule has 6 rings (SSSR count). The molecule has 272 valence electrons. The third kappa shape index (κ3) is 8.15. The Bertz CT molecular complexity index is 1580. The molecule has 0 aromatic heterocycles. The monoisotopic (exact) mass is 723 g/mol. The molecule has 8 heteroatoms. The summed E-state index contributed by atoms with van der Waals surface area (Å²) in [7, 11) is 0. The Morgan fingerprint density at radius 1 is 0.720 bits per heavy atom. The number of halogens is 3. The third-order valence-corrected chi connectivity index (χ3v) is 13.5. The maximum Gasteiger partial charge on any atom is 0.416 e. The third-order valence-electron chi connectivity index (χ3n) is 11.6. The van der Waals surface area contributed by atoms with Gasteiger partial charge in [-0.15, -0.1) is 23.5 Å². The fourth-order valence-corrected chi connectivity index (χ4v) is 11.0. The Balaban J connectivity index is 1.23. The van der Waals surface area contributed by atoms with Gasteiger partial charge in [0.25, 0.3) is 0 Å². The number of benzene rings is 3. The van der Waals surface area contributed by atoms with Gasteiger partial charge in [-0.3, -0.25) is 14.7 Å². The molecule has 3 aromatic carbocycles. The van der Waals surface area contributed by atoms with E-state index in [4.69, 9.17) is 0 Å². The summed E-state index contributed by atoms with van der Waals surface area (Å²) in [6.45, 7) is 14.4. The molecule has 0 N–H and O–H groups in total. The summed E-state index contributed by atoms with van der Waals surface area (Å²) in [5.41, 5.74) is 4.01. The molecule has 0 amide bonds. The number of nitrogens with zero attached hydrogens (tertiary/aromatic N) is 3. The van der Waals surface area contributed by atoms with Crippen molar-refractivity contribution in [1.29, 1.82) is 0 Å². The van der Waals surface area contributed by atoms with Gasteiger partial charge < -0.3 is 0 Å². The van der Waals surface area contributed by atoms with Crippen molar-refractivity contribution in [2.45, 2.75) is 131 Å². The summed E-state index contributed by atoms with van der Waals surface area (Å²) in [6.07, 6.45) is 4.19. The van der Waals surface area contributed by atoms with Gasteiger partial charge in [0.05, 0.1) is 5.56 Å². The Labute approximate surface area is 307 Å². The van der Waals surface area contributed by atoms with Crippen LogP contribution >= 0.6 is 23.5 Å². The van der Waals surface area contributed by atoms with E-state index in [0.29, 0.717) is 36.2 Å². The summed E-state index contributed by atoms with van der Waals surface area (Å²) in [5.74, 6) is 1.10. The lowest BCUT2D eigenvalue weighted by atomic mass is 9.90. The van der Waals surface area contributed by atoms with Crippen molar-refractivity contribution in [3.05, 3.63) is 94.5 Å². The molecule has 3 aromatic rings. The van der Waals surface area contributed by atoms with Crippen LogP contribution < -0.4 is 0 Å². The molecule has 5 atom stereocenters. The molecule has 0 bridgehead atoms. The van der Waals surface area contributed by atoms with Gasteiger partial charge in [0.2, 0.25) is 0 Å². The van der Waals surface area contributed by atoms with Crippen LogP contribution in [0.4, 0.5) is 13.2 Å². The van der Waals surface area contributed by atoms with Gasteiger partial charge in [-0.1, -0.05) is 48.5 Å². The molecule has 50 heavy (non-hydrogen) atoms. The average molecular weight is 724 g/mol. The van der Waals surface area contributed by atoms with E-state index in [1.54, 1.807) is 23.9 Å². The Hall–Kier alpha value is -1.97. The van der Waals surface area contributed by atoms with Gasteiger partial charge in [0.1, 0.15) is 0 Å². The molecular formula is C42H56F3N3S2. The molecule has 3 aliphatic heterocycles. The molecule has 3 aliphatic rings. The minimum Gasteiger partial charge on any atom is -0.294 e. The molecule has 0 spiro atoms. The fourth-order valence-electron chi connectivity index (χ4n) is 9.07. The molecule has 3 fully saturated rings. The van der Waals surface area contributed by atoms with Gasteiger partial charge in [-0.25, -0.2) is 0 Å². The van der Waals surface area contributed by atoms with E-state index in [1.165, 1.54) is 64.3 Å². The number of likely N-dealkylation sites (tertiary alicyclic amines) is 3. The minimum absolute atomic E-state index is 0.141. The van der Waals surface area contributed by atoms with Gasteiger partial charge >= 0.3 is 6.18 Å². The van der Waals surface area contributed by atoms with Crippen LogP contribution in [-0.2, 0) is 6.18 Å². The molecule has 3 heterocycles. The first-order valence-corrected chi connectivity index (χ1v) is 21.0. The number of hydrogen-bond donors (Lipinski definition) is 0. The Morgan fingerprint density at radius 2 is 1.32 bits per heavy atom. The van der Waals surface area contributed by atoms with Gasteiger partial charge in [0.15, 0.2) is 0 Å². The van der Waals surface area contributed by atoms with E-state index < -0.39 is 11.7 Å². The SMILES string of the molecule is CSc1cc(C2CC(c3ccccc3C(F)(F)F)N(C(C)CCSc3ccccc3[C@@H]3CCCN3C(C)C)C2)ccc1[C@H]1CCCN1C(C)C. The Morgan fingerprint density at radius 3 is 1.94 bits per heavy atom. The second-order valence-corrected chi connectivity index (χ2v) is 17.2. The minimum atomic E-state index is -4.38. The quantitative estimate of drug-likeness (QED) is 0.172. The predicted molar refractivity (Wildman–Crippen MR) is 205 cm³/mol. The van der Waals surface area contributed by atoms with Crippen LogP contribution in [0.25, 0.3) is 0 Å². The van der Waals surface area contributed by atoms with E-state index in [-0.39, 0.29) is 18.0 Å². The number of hydrogen-bond acceptors (Lipinski definition) is 5. The molecule has 3 saturated heterocycles. The van der Waals surface area contributed by atoms with Crippen molar-refractivity contribution in [2.75, 3.05) is 31.6 Å². The second kappa shape index (κ2) is 16.4. The largest absolute Gasteiger partial charge is 0.416 e. The van der Waals surface area contributed by atoms with E-state index in [9.17, 15) is 13.2 Å². The summed E-state index contributed by atoms with van der Waals surface area (Å²) in [5, 5.41) is 0. The van der Waals surface area contributed by atoms with E-state index in [2.05, 4.69) is 98.0 Å². The van der Waals surface area contributed by atoms with Gasteiger partial charge in [-0.05, 0) is 145 Å². The highest BCUT2D eigenvalue weighted by Crippen LogP contribution is 2.48. The molecule has 3 unspecified atom stereocenters. The molecule has 0 aliphatic carbocycles. The zero-order valence-electron chi connectivity index (χ0n) is 30.8. The van der Waals surface area contributed by atoms with Crippen molar-refractivity contribution in [1.82, 2.24) is 14.7 Å². The van der Waals surface area contributed by atoms with Crippen molar-refractivity contribution >= 4 is 23.5 Å². The molecule has 0 saturated carbocycles. The number of thioether (sulfide) groups is 2. The summed E-state index contributed by atoms with van der Waals surface area (Å²) in [4.78, 5) is 10.3. The van der Waals surface area contributed by atoms with Crippen LogP contribution in [0.2, 0.25) is 0 Å². The van der Waals surface area contributed by atoms with Gasteiger partial charge in [-0.2, -0.15) is 13.2 Å². The van der Waals surface area contributed by atoms with E-state index in [1.807, 2.05) is 11.8 Å². The Kier molecular flexibility index (Phi) is 12.4. The average Bonchev–Trinajstić information content (AvgIpc) is 3.88. The first-order valence-electron chi connectivity index (χ1n) is 18.8. The van der Waals surface area contributed by atoms with Crippen molar-refractivity contribution in [2.24, 2.45) is 0 Å². The lowest BCUT2D eigenvalue weighted by Crippen LogP contribution is -2.34. The van der Waals surface area contributed by atoms with Crippen LogP contribution in [0.15, 0.2) is 76.5 Å². The predicted octanol–water partition coefficient (Wildman–Crippen LogP) is 11.6. The maximum absolute atomic E-state index is 14.4. The van der Waals surface area contributed by atoms with Gasteiger partial charge in [0, 0.05) is 52.6 Å². The fraction of sp³-hybridized carbons (Fsp3) is 0.571. The lowest BCUT2D eigenvalue weighted by molar-refractivity contribution is -0.138. The zero-order chi connectivity index (χ0) is 35.6. The maximum atomic E-state index is 14.4. The van der Waals surface area contributed by atoms with Crippen molar-refractivity contribution in [3.63, 3.8) is 0 Å². The molecule has 0 radical (unpaired) electrons. The van der Waals surface area contributed by atoms with Crippen LogP contribution in [0.3, 0.4) is 0 Å². The summed E-state index contributed by atoms with van der Waals surface area (Å²) < 4.78 is 43.3.